The van der Waals surface area contributed by atoms with Crippen LogP contribution in [0.25, 0.3) is 0 Å². The lowest BCUT2D eigenvalue weighted by atomic mass is 9.64. The molecule has 0 bridgehead atoms. The summed E-state index contributed by atoms with van der Waals surface area (Å²) in [6, 6.07) is 9.54. The van der Waals surface area contributed by atoms with Crippen LogP contribution in [0, 0.1) is 35.5 Å². The zero-order valence-electron chi connectivity index (χ0n) is 23.0. The lowest BCUT2D eigenvalue weighted by Gasteiger charge is -2.41. The Kier molecular flexibility index (Phi) is 11.5. The SMILES string of the molecule is CCCCc1ccc(CCC2CCC(C3CCC([C@H]4CC[C@H](CCCCF)CC4)CC3)CC2)cc1. The molecule has 0 nitrogen and oxygen atoms in total. The lowest BCUT2D eigenvalue weighted by Crippen LogP contribution is -2.29. The van der Waals surface area contributed by atoms with Crippen LogP contribution in [0.1, 0.15) is 134 Å². The predicted molar refractivity (Wildman–Crippen MR) is 150 cm³/mol. The van der Waals surface area contributed by atoms with Gasteiger partial charge in [-0.05, 0) is 130 Å². The molecule has 0 unspecified atom stereocenters. The summed E-state index contributed by atoms with van der Waals surface area (Å²) in [6.45, 7) is 2.16. The van der Waals surface area contributed by atoms with Gasteiger partial charge in [-0.25, -0.2) is 0 Å². The molecule has 0 aliphatic heterocycles. The average molecular weight is 483 g/mol. The Bertz CT molecular complexity index is 669. The fourth-order valence-corrected chi connectivity index (χ4v) is 8.14. The molecule has 1 heteroatoms. The van der Waals surface area contributed by atoms with Crippen molar-refractivity contribution in [1.82, 2.24) is 0 Å². The van der Waals surface area contributed by atoms with Crippen molar-refractivity contribution in [3.05, 3.63) is 35.4 Å². The monoisotopic (exact) mass is 482 g/mol. The van der Waals surface area contributed by atoms with Crippen molar-refractivity contribution in [2.45, 2.75) is 135 Å². The van der Waals surface area contributed by atoms with Crippen molar-refractivity contribution in [1.29, 1.82) is 0 Å². The van der Waals surface area contributed by atoms with Gasteiger partial charge in [0.2, 0.25) is 0 Å². The van der Waals surface area contributed by atoms with Crippen LogP contribution in [0.4, 0.5) is 4.39 Å². The first kappa shape index (κ1) is 27.2. The summed E-state index contributed by atoms with van der Waals surface area (Å²) >= 11 is 0. The minimum absolute atomic E-state index is 0.117. The van der Waals surface area contributed by atoms with Gasteiger partial charge in [-0.2, -0.15) is 0 Å². The van der Waals surface area contributed by atoms with E-state index in [1.54, 1.807) is 5.56 Å². The highest BCUT2D eigenvalue weighted by Crippen LogP contribution is 2.46. The molecule has 3 aliphatic rings. The zero-order chi connectivity index (χ0) is 24.3. The Hall–Kier alpha value is -0.850. The Labute approximate surface area is 217 Å². The minimum atomic E-state index is -0.117. The molecule has 0 aromatic heterocycles. The number of aryl methyl sites for hydroxylation is 2. The lowest BCUT2D eigenvalue weighted by molar-refractivity contribution is 0.102. The van der Waals surface area contributed by atoms with E-state index in [4.69, 9.17) is 0 Å². The Balaban J connectivity index is 1.09. The Morgan fingerprint density at radius 2 is 0.971 bits per heavy atom. The number of hydrogen-bond donors (Lipinski definition) is 0. The van der Waals surface area contributed by atoms with E-state index < -0.39 is 0 Å². The molecule has 3 fully saturated rings. The molecule has 0 atom stereocenters. The van der Waals surface area contributed by atoms with Crippen molar-refractivity contribution in [3.8, 4) is 0 Å². The molecule has 0 N–H and O–H groups in total. The summed E-state index contributed by atoms with van der Waals surface area (Å²) in [4.78, 5) is 0. The molecule has 35 heavy (non-hydrogen) atoms. The number of alkyl halides is 1. The molecule has 0 radical (unpaired) electrons. The summed E-state index contributed by atoms with van der Waals surface area (Å²) < 4.78 is 12.4. The fraction of sp³-hybridized carbons (Fsp3) is 0.824. The van der Waals surface area contributed by atoms with Crippen LogP contribution in [0.2, 0.25) is 0 Å². The van der Waals surface area contributed by atoms with Crippen molar-refractivity contribution < 1.29 is 4.39 Å². The predicted octanol–water partition coefficient (Wildman–Crippen LogP) is 10.5. The highest BCUT2D eigenvalue weighted by atomic mass is 19.1. The van der Waals surface area contributed by atoms with E-state index in [1.165, 1.54) is 121 Å². The molecule has 3 saturated carbocycles. The van der Waals surface area contributed by atoms with Crippen molar-refractivity contribution in [3.63, 3.8) is 0 Å². The van der Waals surface area contributed by atoms with Gasteiger partial charge in [-0.1, -0.05) is 76.1 Å². The molecule has 3 aliphatic carbocycles. The molecule has 1 aromatic rings. The van der Waals surface area contributed by atoms with E-state index in [9.17, 15) is 4.39 Å². The largest absolute Gasteiger partial charge is 0.251 e. The maximum atomic E-state index is 12.4. The van der Waals surface area contributed by atoms with Gasteiger partial charge in [0.05, 0.1) is 6.67 Å². The van der Waals surface area contributed by atoms with Gasteiger partial charge in [-0.3, -0.25) is 4.39 Å². The Morgan fingerprint density at radius 3 is 1.43 bits per heavy atom. The zero-order valence-corrected chi connectivity index (χ0v) is 23.0. The molecule has 1 aromatic carbocycles. The quantitative estimate of drug-likeness (QED) is 0.260. The normalized spacial score (nSPS) is 31.9. The number of unbranched alkanes of at least 4 members (excludes halogenated alkanes) is 2. The molecule has 0 heterocycles. The summed E-state index contributed by atoms with van der Waals surface area (Å²) in [5.41, 5.74) is 3.07. The average Bonchev–Trinajstić information content (AvgIpc) is 2.92. The second-order valence-electron chi connectivity index (χ2n) is 12.9. The summed E-state index contributed by atoms with van der Waals surface area (Å²) in [6.07, 6.45) is 27.7. The smallest absolute Gasteiger partial charge is 0.0894 e. The summed E-state index contributed by atoms with van der Waals surface area (Å²) in [5.74, 6) is 6.01. The van der Waals surface area contributed by atoms with Crippen LogP contribution in [-0.2, 0) is 12.8 Å². The van der Waals surface area contributed by atoms with E-state index in [1.807, 2.05) is 0 Å². The van der Waals surface area contributed by atoms with E-state index in [0.29, 0.717) is 0 Å². The van der Waals surface area contributed by atoms with E-state index in [-0.39, 0.29) is 6.67 Å². The fourth-order valence-electron chi connectivity index (χ4n) is 8.14. The first-order chi connectivity index (χ1) is 17.2. The topological polar surface area (TPSA) is 0 Å². The highest BCUT2D eigenvalue weighted by molar-refractivity contribution is 5.22. The standard InChI is InChI=1S/C34H55F/c1-2-3-6-27-8-10-29(11-9-27)12-13-30-16-20-32(21-17-30)34-24-22-33(23-25-34)31-18-14-28(15-19-31)7-4-5-26-35/h8-11,28,30-34H,2-7,12-26H2,1H3/t28-,30?,31-,32?,33?,34?. The van der Waals surface area contributed by atoms with Crippen molar-refractivity contribution >= 4 is 0 Å². The van der Waals surface area contributed by atoms with Gasteiger partial charge < -0.3 is 0 Å². The van der Waals surface area contributed by atoms with Crippen LogP contribution >= 0.6 is 0 Å². The van der Waals surface area contributed by atoms with Crippen molar-refractivity contribution in [2.75, 3.05) is 6.67 Å². The second-order valence-corrected chi connectivity index (χ2v) is 12.9. The van der Waals surface area contributed by atoms with Crippen LogP contribution in [-0.4, -0.2) is 6.67 Å². The van der Waals surface area contributed by atoms with Gasteiger partial charge >= 0.3 is 0 Å². The first-order valence-corrected chi connectivity index (χ1v) is 15.9. The molecule has 0 amide bonds. The minimum Gasteiger partial charge on any atom is -0.251 e. The second kappa shape index (κ2) is 14.8. The van der Waals surface area contributed by atoms with E-state index in [2.05, 4.69) is 31.2 Å². The maximum Gasteiger partial charge on any atom is 0.0894 e. The van der Waals surface area contributed by atoms with Gasteiger partial charge in [0.1, 0.15) is 0 Å². The third-order valence-electron chi connectivity index (χ3n) is 10.6. The molecule has 0 spiro atoms. The van der Waals surface area contributed by atoms with Gasteiger partial charge in [0.15, 0.2) is 0 Å². The van der Waals surface area contributed by atoms with Crippen molar-refractivity contribution in [2.24, 2.45) is 35.5 Å². The van der Waals surface area contributed by atoms with Gasteiger partial charge in [0.25, 0.3) is 0 Å². The third kappa shape index (κ3) is 8.60. The van der Waals surface area contributed by atoms with Gasteiger partial charge in [0, 0.05) is 0 Å². The van der Waals surface area contributed by atoms with E-state index in [0.717, 1.165) is 48.3 Å². The highest BCUT2D eigenvalue weighted by Gasteiger charge is 2.34. The molecular weight excluding hydrogens is 427 g/mol. The summed E-state index contributed by atoms with van der Waals surface area (Å²) in [5, 5.41) is 0. The number of hydrogen-bond acceptors (Lipinski definition) is 0. The number of halogens is 1. The van der Waals surface area contributed by atoms with Crippen LogP contribution in [0.3, 0.4) is 0 Å². The molecular formula is C34H55F. The molecule has 198 valence electrons. The third-order valence-corrected chi connectivity index (χ3v) is 10.6. The van der Waals surface area contributed by atoms with Crippen LogP contribution in [0.5, 0.6) is 0 Å². The first-order valence-electron chi connectivity index (χ1n) is 15.9. The molecule has 0 saturated heterocycles. The van der Waals surface area contributed by atoms with E-state index >= 15 is 0 Å². The molecule has 4 rings (SSSR count). The van der Waals surface area contributed by atoms with Gasteiger partial charge in [-0.15, -0.1) is 0 Å². The Morgan fingerprint density at radius 1 is 0.543 bits per heavy atom. The summed E-state index contributed by atoms with van der Waals surface area (Å²) in [7, 11) is 0. The number of rotatable bonds is 12. The number of benzene rings is 1. The van der Waals surface area contributed by atoms with Crippen LogP contribution in [0.15, 0.2) is 24.3 Å². The maximum absolute atomic E-state index is 12.4. The van der Waals surface area contributed by atoms with Crippen LogP contribution < -0.4 is 0 Å².